The molecule has 0 fully saturated rings. The van der Waals surface area contributed by atoms with E-state index in [-0.39, 0.29) is 4.90 Å². The fourth-order valence-corrected chi connectivity index (χ4v) is 6.55. The van der Waals surface area contributed by atoms with Crippen LogP contribution in [0.1, 0.15) is 40.7 Å². The molecule has 248 valence electrons. The molecule has 7 rings (SSSR count). The van der Waals surface area contributed by atoms with Crippen LogP contribution in [0.25, 0.3) is 44.6 Å². The molecular formula is C39H36N4O5S. The lowest BCUT2D eigenvalue weighted by molar-refractivity contribution is 0.0697. The Morgan fingerprint density at radius 1 is 0.796 bits per heavy atom. The fraction of sp³-hybridized carbons (Fsp3) is 0.154. The monoisotopic (exact) mass is 672 g/mol. The van der Waals surface area contributed by atoms with E-state index in [1.54, 1.807) is 30.3 Å². The lowest BCUT2D eigenvalue weighted by Gasteiger charge is -2.12. The predicted molar refractivity (Wildman–Crippen MR) is 192 cm³/mol. The highest BCUT2D eigenvalue weighted by Crippen LogP contribution is 2.31. The van der Waals surface area contributed by atoms with E-state index in [0.717, 1.165) is 74.4 Å². The van der Waals surface area contributed by atoms with E-state index in [4.69, 9.17) is 14.5 Å². The molecule has 5 aromatic carbocycles. The summed E-state index contributed by atoms with van der Waals surface area (Å²) >= 11 is 0. The van der Waals surface area contributed by atoms with Crippen LogP contribution in [-0.2, 0) is 30.1 Å². The van der Waals surface area contributed by atoms with E-state index in [2.05, 4.69) is 60.4 Å². The van der Waals surface area contributed by atoms with Crippen molar-refractivity contribution >= 4 is 38.2 Å². The van der Waals surface area contributed by atoms with Crippen LogP contribution < -0.4 is 0 Å². The van der Waals surface area contributed by atoms with Crippen molar-refractivity contribution in [3.05, 3.63) is 138 Å². The zero-order valence-electron chi connectivity index (χ0n) is 27.4. The first-order chi connectivity index (χ1) is 23.5. The normalized spacial score (nSPS) is 11.4. The number of benzene rings is 5. The van der Waals surface area contributed by atoms with Crippen LogP contribution in [0.5, 0.6) is 0 Å². The Morgan fingerprint density at radius 3 is 2.12 bits per heavy atom. The second kappa shape index (κ2) is 13.9. The minimum atomic E-state index is -4.00. The van der Waals surface area contributed by atoms with Gasteiger partial charge in [0.25, 0.3) is 10.1 Å². The van der Waals surface area contributed by atoms with Crippen molar-refractivity contribution in [2.75, 3.05) is 0 Å². The van der Waals surface area contributed by atoms with Gasteiger partial charge in [0.1, 0.15) is 11.6 Å². The van der Waals surface area contributed by atoms with Crippen molar-refractivity contribution in [2.24, 2.45) is 7.05 Å². The molecule has 49 heavy (non-hydrogen) atoms. The summed E-state index contributed by atoms with van der Waals surface area (Å²) in [5.41, 5.74) is 9.46. The molecule has 7 aromatic rings. The van der Waals surface area contributed by atoms with Gasteiger partial charge in [0.05, 0.1) is 32.5 Å². The summed E-state index contributed by atoms with van der Waals surface area (Å²) in [5.74, 6) is 1.08. The molecule has 0 aliphatic rings. The molecule has 0 atom stereocenters. The third-order valence-corrected chi connectivity index (χ3v) is 9.31. The SMILES string of the molecule is CCCc1nc2c(C)cc(-c3nc4ccccc4n3C)cc2n1Cc1ccc(-c2ccccc2C(=O)O)cc1.O=S(=O)(O)c1ccccc1. The first-order valence-corrected chi connectivity index (χ1v) is 17.3. The second-order valence-corrected chi connectivity index (χ2v) is 13.3. The molecule has 0 amide bonds. The number of carboxylic acids is 1. The minimum absolute atomic E-state index is 0.0741. The number of carboxylic acid groups (broad SMARTS) is 1. The Balaban J connectivity index is 0.000000359. The number of rotatable bonds is 8. The highest BCUT2D eigenvalue weighted by atomic mass is 32.2. The number of imidazole rings is 2. The van der Waals surface area contributed by atoms with Crippen molar-refractivity contribution in [3.8, 4) is 22.5 Å². The molecule has 9 nitrogen and oxygen atoms in total. The fourth-order valence-electron chi connectivity index (χ4n) is 6.05. The van der Waals surface area contributed by atoms with E-state index in [0.29, 0.717) is 12.1 Å². The molecule has 0 aliphatic carbocycles. The molecule has 0 bridgehead atoms. The van der Waals surface area contributed by atoms with Crippen LogP contribution >= 0.6 is 0 Å². The van der Waals surface area contributed by atoms with Gasteiger partial charge in [0.2, 0.25) is 0 Å². The molecule has 0 saturated heterocycles. The first kappa shape index (κ1) is 33.3. The van der Waals surface area contributed by atoms with Crippen LogP contribution in [0, 0.1) is 6.92 Å². The zero-order chi connectivity index (χ0) is 34.7. The number of hydrogen-bond donors (Lipinski definition) is 2. The number of carbonyl (C=O) groups is 1. The van der Waals surface area contributed by atoms with E-state index in [1.807, 2.05) is 42.5 Å². The van der Waals surface area contributed by atoms with Crippen LogP contribution in [0.2, 0.25) is 0 Å². The summed E-state index contributed by atoms with van der Waals surface area (Å²) in [6.45, 7) is 4.98. The largest absolute Gasteiger partial charge is 0.478 e. The molecule has 0 aliphatic heterocycles. The maximum absolute atomic E-state index is 11.7. The van der Waals surface area contributed by atoms with E-state index < -0.39 is 16.1 Å². The van der Waals surface area contributed by atoms with Gasteiger partial charge < -0.3 is 14.2 Å². The summed E-state index contributed by atoms with van der Waals surface area (Å²) in [6.07, 6.45) is 1.89. The maximum atomic E-state index is 11.7. The summed E-state index contributed by atoms with van der Waals surface area (Å²) in [4.78, 5) is 21.6. The Hall–Kier alpha value is -5.58. The van der Waals surface area contributed by atoms with Gasteiger partial charge >= 0.3 is 5.97 Å². The van der Waals surface area contributed by atoms with Crippen molar-refractivity contribution in [2.45, 2.75) is 38.1 Å². The van der Waals surface area contributed by atoms with Crippen LogP contribution in [0.4, 0.5) is 0 Å². The lowest BCUT2D eigenvalue weighted by atomic mass is 9.98. The molecule has 0 unspecified atom stereocenters. The number of aromatic carboxylic acids is 1. The number of aromatic nitrogens is 4. The Kier molecular flexibility index (Phi) is 9.44. The number of aryl methyl sites for hydroxylation is 3. The lowest BCUT2D eigenvalue weighted by Crippen LogP contribution is -2.05. The van der Waals surface area contributed by atoms with Gasteiger partial charge in [-0.3, -0.25) is 4.55 Å². The molecule has 2 heterocycles. The van der Waals surface area contributed by atoms with Gasteiger partial charge in [0, 0.05) is 25.6 Å². The highest BCUT2D eigenvalue weighted by molar-refractivity contribution is 7.85. The first-order valence-electron chi connectivity index (χ1n) is 15.9. The van der Waals surface area contributed by atoms with Crippen LogP contribution in [0.3, 0.4) is 0 Å². The summed E-state index contributed by atoms with van der Waals surface area (Å²) < 4.78 is 33.7. The third-order valence-electron chi connectivity index (χ3n) is 8.45. The van der Waals surface area contributed by atoms with Gasteiger partial charge in [-0.25, -0.2) is 14.8 Å². The van der Waals surface area contributed by atoms with Crippen molar-refractivity contribution in [1.82, 2.24) is 19.1 Å². The molecule has 2 N–H and O–H groups in total. The van der Waals surface area contributed by atoms with Crippen LogP contribution in [-0.4, -0.2) is 43.1 Å². The Bertz CT molecular complexity index is 2400. The zero-order valence-corrected chi connectivity index (χ0v) is 28.2. The molecular weight excluding hydrogens is 637 g/mol. The predicted octanol–water partition coefficient (Wildman–Crippen LogP) is 8.20. The number of para-hydroxylation sites is 2. The topological polar surface area (TPSA) is 127 Å². The van der Waals surface area contributed by atoms with Crippen molar-refractivity contribution in [1.29, 1.82) is 0 Å². The van der Waals surface area contributed by atoms with Crippen molar-refractivity contribution in [3.63, 3.8) is 0 Å². The van der Waals surface area contributed by atoms with Gasteiger partial charge in [-0.1, -0.05) is 79.7 Å². The van der Waals surface area contributed by atoms with Gasteiger partial charge in [0.15, 0.2) is 0 Å². The molecule has 0 radical (unpaired) electrons. The maximum Gasteiger partial charge on any atom is 0.336 e. The molecule has 10 heteroatoms. The summed E-state index contributed by atoms with van der Waals surface area (Å²) in [7, 11) is -1.94. The smallest absolute Gasteiger partial charge is 0.336 e. The minimum Gasteiger partial charge on any atom is -0.478 e. The van der Waals surface area contributed by atoms with Gasteiger partial charge in [-0.2, -0.15) is 8.42 Å². The quantitative estimate of drug-likeness (QED) is 0.156. The molecule has 2 aromatic heterocycles. The second-order valence-electron chi connectivity index (χ2n) is 11.8. The molecule has 0 saturated carbocycles. The highest BCUT2D eigenvalue weighted by Gasteiger charge is 2.18. The number of nitrogens with zero attached hydrogens (tertiary/aromatic N) is 4. The van der Waals surface area contributed by atoms with E-state index >= 15 is 0 Å². The van der Waals surface area contributed by atoms with E-state index in [9.17, 15) is 18.3 Å². The number of fused-ring (bicyclic) bond motifs is 2. The average molecular weight is 673 g/mol. The standard InChI is InChI=1S/C33H30N4O2.C6H6O3S/c1-4-9-30-35-31-21(2)18-24(32-34-27-12-7-8-13-28(27)36(32)3)19-29(31)37(30)20-22-14-16-23(17-15-22)25-10-5-6-11-26(25)33(38)39;7-10(8,9)6-4-2-1-3-5-6/h5-8,10-19H,4,9,20H2,1-3H3,(H,38,39);1-5H,(H,7,8,9). The Morgan fingerprint density at radius 2 is 1.47 bits per heavy atom. The van der Waals surface area contributed by atoms with Crippen molar-refractivity contribution < 1.29 is 22.9 Å². The average Bonchev–Trinajstić information content (AvgIpc) is 3.62. The van der Waals surface area contributed by atoms with Gasteiger partial charge in [-0.05, 0) is 78.1 Å². The van der Waals surface area contributed by atoms with Crippen LogP contribution in [0.15, 0.2) is 120 Å². The molecule has 0 spiro atoms. The summed E-state index contributed by atoms with van der Waals surface area (Å²) in [6, 6.07) is 35.3. The van der Waals surface area contributed by atoms with E-state index in [1.165, 1.54) is 12.1 Å². The number of hydrogen-bond acceptors (Lipinski definition) is 5. The van der Waals surface area contributed by atoms with Gasteiger partial charge in [-0.15, -0.1) is 0 Å². The summed E-state index contributed by atoms with van der Waals surface area (Å²) in [5, 5.41) is 9.60. The third kappa shape index (κ3) is 7.01. The Labute approximate surface area is 284 Å².